The summed E-state index contributed by atoms with van der Waals surface area (Å²) in [6.07, 6.45) is 1.16. The van der Waals surface area contributed by atoms with Crippen LogP contribution in [0.15, 0.2) is 0 Å². The first kappa shape index (κ1) is 12.7. The third-order valence-electron chi connectivity index (χ3n) is 3.32. The quantitative estimate of drug-likeness (QED) is 0.711. The third kappa shape index (κ3) is 2.74. The SMILES string of the molecule is CCOCC1(C(=O)N2CC(OC(F)F)C2)CC1. The second-order valence-corrected chi connectivity index (χ2v) is 4.65. The lowest BCUT2D eigenvalue weighted by Crippen LogP contribution is -2.57. The zero-order valence-electron chi connectivity index (χ0n) is 9.83. The Bertz CT molecular complexity index is 288. The molecule has 6 heteroatoms. The Morgan fingerprint density at radius 1 is 1.47 bits per heavy atom. The Labute approximate surface area is 98.9 Å². The van der Waals surface area contributed by atoms with Crippen LogP contribution in [0.2, 0.25) is 0 Å². The standard InChI is InChI=1S/C11H17F2NO3/c1-2-16-7-11(3-4-11)9(15)14-5-8(6-14)17-10(12)13/h8,10H,2-7H2,1H3. The molecule has 0 aromatic rings. The summed E-state index contributed by atoms with van der Waals surface area (Å²) in [6, 6.07) is 0. The number of hydrogen-bond acceptors (Lipinski definition) is 3. The maximum absolute atomic E-state index is 12.0. The van der Waals surface area contributed by atoms with E-state index in [1.165, 1.54) is 0 Å². The minimum atomic E-state index is -2.75. The lowest BCUT2D eigenvalue weighted by Gasteiger charge is -2.40. The Morgan fingerprint density at radius 3 is 2.59 bits per heavy atom. The molecule has 1 aliphatic heterocycles. The van der Waals surface area contributed by atoms with Gasteiger partial charge in [0.2, 0.25) is 5.91 Å². The van der Waals surface area contributed by atoms with E-state index in [-0.39, 0.29) is 24.4 Å². The van der Waals surface area contributed by atoms with Crippen molar-refractivity contribution in [2.24, 2.45) is 5.41 Å². The van der Waals surface area contributed by atoms with E-state index in [4.69, 9.17) is 4.74 Å². The lowest BCUT2D eigenvalue weighted by atomic mass is 10.0. The third-order valence-corrected chi connectivity index (χ3v) is 3.32. The fourth-order valence-electron chi connectivity index (χ4n) is 2.04. The van der Waals surface area contributed by atoms with Gasteiger partial charge in [-0.2, -0.15) is 8.78 Å². The van der Waals surface area contributed by atoms with Crippen LogP contribution in [-0.2, 0) is 14.3 Å². The van der Waals surface area contributed by atoms with Crippen molar-refractivity contribution in [3.63, 3.8) is 0 Å². The maximum atomic E-state index is 12.0. The van der Waals surface area contributed by atoms with E-state index in [0.29, 0.717) is 13.2 Å². The molecule has 0 aromatic heterocycles. The highest BCUT2D eigenvalue weighted by atomic mass is 19.3. The molecule has 1 saturated heterocycles. The van der Waals surface area contributed by atoms with Gasteiger partial charge in [-0.15, -0.1) is 0 Å². The highest BCUT2D eigenvalue weighted by Crippen LogP contribution is 2.48. The highest BCUT2D eigenvalue weighted by Gasteiger charge is 2.53. The fraction of sp³-hybridized carbons (Fsp3) is 0.909. The predicted molar refractivity (Wildman–Crippen MR) is 55.6 cm³/mol. The van der Waals surface area contributed by atoms with Crippen molar-refractivity contribution < 1.29 is 23.0 Å². The lowest BCUT2D eigenvalue weighted by molar-refractivity contribution is -0.201. The van der Waals surface area contributed by atoms with Gasteiger partial charge in [-0.3, -0.25) is 4.79 Å². The van der Waals surface area contributed by atoms with Crippen LogP contribution in [0.5, 0.6) is 0 Å². The van der Waals surface area contributed by atoms with Crippen LogP contribution in [0, 0.1) is 5.41 Å². The van der Waals surface area contributed by atoms with Crippen LogP contribution < -0.4 is 0 Å². The molecule has 0 radical (unpaired) electrons. The molecular formula is C11H17F2NO3. The Balaban J connectivity index is 1.75. The van der Waals surface area contributed by atoms with Gasteiger partial charge in [-0.1, -0.05) is 0 Å². The van der Waals surface area contributed by atoms with Gasteiger partial charge in [-0.05, 0) is 19.8 Å². The average molecular weight is 249 g/mol. The van der Waals surface area contributed by atoms with Crippen molar-refractivity contribution in [3.8, 4) is 0 Å². The van der Waals surface area contributed by atoms with E-state index >= 15 is 0 Å². The molecule has 0 bridgehead atoms. The Morgan fingerprint density at radius 2 is 2.12 bits per heavy atom. The van der Waals surface area contributed by atoms with Gasteiger partial charge < -0.3 is 14.4 Å². The number of carbonyl (C=O) groups excluding carboxylic acids is 1. The molecule has 2 aliphatic rings. The van der Waals surface area contributed by atoms with Gasteiger partial charge in [0, 0.05) is 19.7 Å². The molecule has 2 fully saturated rings. The molecule has 98 valence electrons. The predicted octanol–water partition coefficient (Wildman–Crippen LogP) is 1.25. The summed E-state index contributed by atoms with van der Waals surface area (Å²) < 4.78 is 33.4. The number of ether oxygens (including phenoxy) is 2. The summed E-state index contributed by atoms with van der Waals surface area (Å²) in [5.74, 6) is 0.0278. The molecule has 1 saturated carbocycles. The van der Waals surface area contributed by atoms with E-state index in [2.05, 4.69) is 4.74 Å². The van der Waals surface area contributed by atoms with E-state index in [9.17, 15) is 13.6 Å². The molecule has 0 unspecified atom stereocenters. The molecule has 0 N–H and O–H groups in total. The number of carbonyl (C=O) groups is 1. The van der Waals surface area contributed by atoms with Crippen LogP contribution in [0.25, 0.3) is 0 Å². The zero-order valence-corrected chi connectivity index (χ0v) is 9.83. The molecule has 1 aliphatic carbocycles. The number of amides is 1. The monoisotopic (exact) mass is 249 g/mol. The number of nitrogens with zero attached hydrogens (tertiary/aromatic N) is 1. The normalized spacial score (nSPS) is 22.7. The van der Waals surface area contributed by atoms with E-state index in [1.807, 2.05) is 6.92 Å². The number of hydrogen-bond donors (Lipinski definition) is 0. The topological polar surface area (TPSA) is 38.8 Å². The summed E-state index contributed by atoms with van der Waals surface area (Å²) in [5, 5.41) is 0. The molecule has 4 nitrogen and oxygen atoms in total. The molecule has 17 heavy (non-hydrogen) atoms. The first-order valence-electron chi connectivity index (χ1n) is 5.88. The first-order chi connectivity index (χ1) is 8.07. The van der Waals surface area contributed by atoms with Crippen LogP contribution in [-0.4, -0.2) is 49.8 Å². The van der Waals surface area contributed by atoms with Crippen molar-refractivity contribution in [1.29, 1.82) is 0 Å². The van der Waals surface area contributed by atoms with E-state index in [1.54, 1.807) is 4.90 Å². The molecule has 0 atom stereocenters. The first-order valence-corrected chi connectivity index (χ1v) is 5.88. The largest absolute Gasteiger partial charge is 0.381 e. The molecule has 0 aromatic carbocycles. The van der Waals surface area contributed by atoms with Crippen molar-refractivity contribution in [2.75, 3.05) is 26.3 Å². The number of likely N-dealkylation sites (tertiary alicyclic amines) is 1. The fourth-order valence-corrected chi connectivity index (χ4v) is 2.04. The number of halogens is 2. The minimum absolute atomic E-state index is 0.0278. The maximum Gasteiger partial charge on any atom is 0.345 e. The van der Waals surface area contributed by atoms with Gasteiger partial charge >= 0.3 is 6.61 Å². The smallest absolute Gasteiger partial charge is 0.345 e. The summed E-state index contributed by atoms with van der Waals surface area (Å²) in [4.78, 5) is 13.6. The summed E-state index contributed by atoms with van der Waals surface area (Å²) in [6.45, 7) is 0.714. The number of alkyl halides is 2. The van der Waals surface area contributed by atoms with Gasteiger partial charge in [-0.25, -0.2) is 0 Å². The van der Waals surface area contributed by atoms with Gasteiger partial charge in [0.1, 0.15) is 0 Å². The average Bonchev–Trinajstić information content (AvgIpc) is 3.00. The van der Waals surface area contributed by atoms with Crippen molar-refractivity contribution in [2.45, 2.75) is 32.5 Å². The van der Waals surface area contributed by atoms with E-state index < -0.39 is 12.7 Å². The second-order valence-electron chi connectivity index (χ2n) is 4.65. The van der Waals surface area contributed by atoms with Gasteiger partial charge in [0.15, 0.2) is 0 Å². The molecular weight excluding hydrogens is 232 g/mol. The van der Waals surface area contributed by atoms with Crippen LogP contribution >= 0.6 is 0 Å². The highest BCUT2D eigenvalue weighted by molar-refractivity contribution is 5.86. The van der Waals surface area contributed by atoms with Gasteiger partial charge in [0.05, 0.1) is 18.1 Å². The van der Waals surface area contributed by atoms with Crippen LogP contribution in [0.3, 0.4) is 0 Å². The summed E-state index contributed by atoms with van der Waals surface area (Å²) in [5.41, 5.74) is -0.369. The van der Waals surface area contributed by atoms with E-state index in [0.717, 1.165) is 12.8 Å². The van der Waals surface area contributed by atoms with Gasteiger partial charge in [0.25, 0.3) is 0 Å². The molecule has 2 rings (SSSR count). The zero-order chi connectivity index (χ0) is 12.5. The molecule has 1 amide bonds. The van der Waals surface area contributed by atoms with Crippen molar-refractivity contribution in [1.82, 2.24) is 4.90 Å². The van der Waals surface area contributed by atoms with Crippen molar-refractivity contribution >= 4 is 5.91 Å². The Hall–Kier alpha value is -0.750. The molecule has 1 heterocycles. The van der Waals surface area contributed by atoms with Crippen LogP contribution in [0.4, 0.5) is 8.78 Å². The van der Waals surface area contributed by atoms with Crippen molar-refractivity contribution in [3.05, 3.63) is 0 Å². The molecule has 0 spiro atoms. The second kappa shape index (κ2) is 4.86. The number of rotatable bonds is 6. The van der Waals surface area contributed by atoms with Crippen LogP contribution in [0.1, 0.15) is 19.8 Å². The summed E-state index contributed by atoms with van der Waals surface area (Å²) >= 11 is 0. The Kier molecular flexibility index (Phi) is 3.63. The summed E-state index contributed by atoms with van der Waals surface area (Å²) in [7, 11) is 0. The minimum Gasteiger partial charge on any atom is -0.381 e.